The van der Waals surface area contributed by atoms with Crippen molar-refractivity contribution in [1.82, 2.24) is 23.5 Å². The third kappa shape index (κ3) is 7.06. The fourth-order valence-electron chi connectivity index (χ4n) is 10.1. The van der Waals surface area contributed by atoms with Crippen LogP contribution >= 0.6 is 0 Å². The Kier molecular flexibility index (Phi) is 10.3. The highest BCUT2D eigenvalue weighted by Crippen LogP contribution is 2.47. The Bertz CT molecular complexity index is 3040. The van der Waals surface area contributed by atoms with E-state index >= 15 is 8.42 Å². The van der Waals surface area contributed by atoms with Crippen LogP contribution in [0.25, 0.3) is 49.9 Å². The van der Waals surface area contributed by atoms with Crippen LogP contribution in [-0.4, -0.2) is 122 Å². The summed E-state index contributed by atoms with van der Waals surface area (Å²) in [6.07, 6.45) is 3.59. The Morgan fingerprint density at radius 1 is 0.734 bits per heavy atom. The number of allylic oxidation sites excluding steroid dienone is 2. The molecule has 3 N–H and O–H groups in total. The average molecular weight is 905 g/mol. The third-order valence-corrected chi connectivity index (χ3v) is 17.6. The number of nitrogens with zero attached hydrogens (tertiary/aromatic N) is 4. The molecule has 1 unspecified atom stereocenters. The number of H-pyrrole nitrogens is 2. The van der Waals surface area contributed by atoms with Gasteiger partial charge in [0.25, 0.3) is 0 Å². The first-order valence-corrected chi connectivity index (χ1v) is 25.0. The van der Waals surface area contributed by atoms with Crippen molar-refractivity contribution in [1.29, 1.82) is 0 Å². The summed E-state index contributed by atoms with van der Waals surface area (Å²) in [5, 5.41) is 12.1. The number of aromatic nitrogens is 2. The summed E-state index contributed by atoms with van der Waals surface area (Å²) in [6.45, 7) is 2.48. The van der Waals surface area contributed by atoms with Gasteiger partial charge in [0, 0.05) is 82.7 Å². The molecule has 0 radical (unpaired) electrons. The first-order chi connectivity index (χ1) is 30.9. The summed E-state index contributed by atoms with van der Waals surface area (Å²) in [7, 11) is -8.01. The van der Waals surface area contributed by atoms with Crippen LogP contribution in [-0.2, 0) is 29.6 Å². The lowest BCUT2D eigenvalue weighted by Crippen LogP contribution is -2.61. The number of sulfonamides is 2. The first-order valence-electron chi connectivity index (χ1n) is 22.1. The van der Waals surface area contributed by atoms with Crippen LogP contribution in [0.1, 0.15) is 49.3 Å². The second-order valence-electron chi connectivity index (χ2n) is 17.6. The molecule has 1 aliphatic carbocycles. The predicted octanol–water partition coefficient (Wildman–Crippen LogP) is 6.83. The molecule has 13 nitrogen and oxygen atoms in total. The van der Waals surface area contributed by atoms with E-state index in [4.69, 9.17) is 4.74 Å². The number of ether oxygens (including phenoxy) is 1. The van der Waals surface area contributed by atoms with Crippen LogP contribution in [0, 0.1) is 0 Å². The Hall–Kier alpha value is -5.36. The van der Waals surface area contributed by atoms with Gasteiger partial charge in [0.05, 0.1) is 35.6 Å². The monoisotopic (exact) mass is 904 g/mol. The lowest BCUT2D eigenvalue weighted by Gasteiger charge is -2.48. The number of morpholine rings is 1. The number of hydrogen-bond acceptors (Lipinski definition) is 8. The highest BCUT2D eigenvalue weighted by atomic mass is 32.2. The number of hydrogen-bond donors (Lipinski definition) is 3. The predicted molar refractivity (Wildman–Crippen MR) is 243 cm³/mol. The van der Waals surface area contributed by atoms with Gasteiger partial charge in [0.15, 0.2) is 0 Å². The van der Waals surface area contributed by atoms with Crippen LogP contribution in [0.5, 0.6) is 0 Å². The summed E-state index contributed by atoms with van der Waals surface area (Å²) in [4.78, 5) is 24.8. The number of aliphatic hydroxyl groups excluding tert-OH is 1. The van der Waals surface area contributed by atoms with Crippen molar-refractivity contribution in [3.05, 3.63) is 108 Å². The Balaban J connectivity index is 0.983. The molecule has 64 heavy (non-hydrogen) atoms. The van der Waals surface area contributed by atoms with Crippen molar-refractivity contribution in [2.75, 3.05) is 57.4 Å². The fraction of sp³-hybridized carbons (Fsp3) is 0.354. The van der Waals surface area contributed by atoms with Gasteiger partial charge in [0.2, 0.25) is 26.0 Å². The number of carbonyl (C=O) groups is 1. The van der Waals surface area contributed by atoms with Gasteiger partial charge in [-0.15, -0.1) is 0 Å². The van der Waals surface area contributed by atoms with Gasteiger partial charge >= 0.3 is 0 Å². The molecule has 0 bridgehead atoms. The summed E-state index contributed by atoms with van der Waals surface area (Å²) in [5.41, 5.74) is 7.81. The second kappa shape index (κ2) is 16.0. The Labute approximate surface area is 371 Å². The molecule has 4 aromatic carbocycles. The van der Waals surface area contributed by atoms with E-state index < -0.39 is 44.4 Å². The lowest BCUT2D eigenvalue weighted by atomic mass is 9.89. The van der Waals surface area contributed by atoms with E-state index in [-0.39, 0.29) is 35.2 Å². The number of halogens is 1. The maximum absolute atomic E-state index is 15.2. The normalized spacial score (nSPS) is 23.4. The molecule has 6 heterocycles. The second-order valence-corrected chi connectivity index (χ2v) is 21.4. The summed E-state index contributed by atoms with van der Waals surface area (Å²) in [5.74, 6) is -0.276. The maximum Gasteiger partial charge on any atom is 0.244 e. The number of aromatic amines is 2. The van der Waals surface area contributed by atoms with Gasteiger partial charge in [-0.05, 0) is 109 Å². The molecule has 5 aliphatic rings. The summed E-state index contributed by atoms with van der Waals surface area (Å²) in [6, 6.07) is 25.9. The number of aliphatic hydroxyl groups is 1. The minimum atomic E-state index is -4.36. The number of nitrogens with one attached hydrogen (secondary N) is 2. The Morgan fingerprint density at radius 3 is 2.17 bits per heavy atom. The van der Waals surface area contributed by atoms with E-state index in [2.05, 4.69) is 16.0 Å². The summed E-state index contributed by atoms with van der Waals surface area (Å²) < 4.78 is 80.7. The van der Waals surface area contributed by atoms with Gasteiger partial charge in [-0.2, -0.15) is 8.61 Å². The van der Waals surface area contributed by atoms with Crippen LogP contribution in [0.15, 0.2) is 107 Å². The number of benzene rings is 4. The molecule has 6 aromatic rings. The van der Waals surface area contributed by atoms with Crippen molar-refractivity contribution in [3.63, 3.8) is 0 Å². The van der Waals surface area contributed by atoms with Gasteiger partial charge in [0.1, 0.15) is 18.3 Å². The minimum absolute atomic E-state index is 0.0160. The van der Waals surface area contributed by atoms with E-state index in [0.29, 0.717) is 61.9 Å². The average Bonchev–Trinajstić information content (AvgIpc) is 4.09. The molecular formula is C48H49FN6O7S2. The van der Waals surface area contributed by atoms with Crippen molar-refractivity contribution >= 4 is 59.0 Å². The Morgan fingerprint density at radius 2 is 1.45 bits per heavy atom. The fourth-order valence-corrected chi connectivity index (χ4v) is 13.4. The lowest BCUT2D eigenvalue weighted by molar-refractivity contribution is -0.144. The topological polar surface area (TPSA) is 159 Å². The van der Waals surface area contributed by atoms with Gasteiger partial charge < -0.3 is 29.6 Å². The number of carbonyl (C=O) groups excluding carboxylic acids is 1. The SMILES string of the molecule is O=C([C@@H]1CC(c2ccc3[nH]c(-c4cc(S(=O)(=O)N5CCC5)ccc4C4=CCCC4)cc3c2)N1S(=O)(=O)c1ccc(N2C[C@@H](O)[C@@H](F)C2)c(-c2cc3ccccc3[nH]2)c1)N1CCOCC1. The zero-order valence-electron chi connectivity index (χ0n) is 35.1. The molecule has 2 aromatic heterocycles. The van der Waals surface area contributed by atoms with Gasteiger partial charge in [-0.3, -0.25) is 4.79 Å². The number of para-hydroxylation sites is 1. The van der Waals surface area contributed by atoms with E-state index in [1.807, 2.05) is 60.7 Å². The number of alkyl halides is 1. The van der Waals surface area contributed by atoms with Gasteiger partial charge in [-0.1, -0.05) is 36.4 Å². The quantitative estimate of drug-likeness (QED) is 0.135. The van der Waals surface area contributed by atoms with Crippen molar-refractivity contribution in [3.8, 4) is 22.5 Å². The van der Waals surface area contributed by atoms with Crippen LogP contribution in [0.2, 0.25) is 0 Å². The standard InChI is InChI=1S/C48H49FN6O7S2/c49-39-28-53(29-47(39)56)44-15-12-35(26-38(44)43-23-31-8-3-4-9-40(31)50-43)64(60,61)55-45(27-46(55)48(57)52-18-20-62-21-19-52)32-10-14-41-33(22-32)24-42(51-41)37-25-34(63(58,59)54-16-5-17-54)11-13-36(37)30-6-1-2-7-30/h3-4,6,8-15,22-26,39,45-47,50-51,56H,1-2,5,7,16-21,27-29H2/t39-,45?,46-,47+/m0/s1. The van der Waals surface area contributed by atoms with E-state index in [1.54, 1.807) is 34.1 Å². The number of anilines is 1. The molecule has 0 saturated carbocycles. The van der Waals surface area contributed by atoms with Crippen LogP contribution < -0.4 is 4.90 Å². The number of fused-ring (bicyclic) bond motifs is 2. The molecular weight excluding hydrogens is 856 g/mol. The van der Waals surface area contributed by atoms with Crippen molar-refractivity contribution in [2.24, 2.45) is 0 Å². The van der Waals surface area contributed by atoms with Crippen LogP contribution in [0.4, 0.5) is 10.1 Å². The smallest absolute Gasteiger partial charge is 0.244 e. The number of β-amino-alcohol motifs (C(OH)–C–C–N with tert-alkyl or cyclic N) is 1. The van der Waals surface area contributed by atoms with Crippen molar-refractivity contribution < 1.29 is 35.9 Å². The first kappa shape index (κ1) is 41.4. The number of amides is 1. The molecule has 4 aliphatic heterocycles. The zero-order valence-corrected chi connectivity index (χ0v) is 36.8. The summed E-state index contributed by atoms with van der Waals surface area (Å²) >= 11 is 0. The van der Waals surface area contributed by atoms with Gasteiger partial charge in [-0.25, -0.2) is 21.2 Å². The van der Waals surface area contributed by atoms with E-state index in [0.717, 1.165) is 64.3 Å². The maximum atomic E-state index is 15.2. The molecule has 4 atom stereocenters. The molecule has 16 heteroatoms. The third-order valence-electron chi connectivity index (χ3n) is 13.7. The highest BCUT2D eigenvalue weighted by Gasteiger charge is 2.52. The number of rotatable bonds is 10. The molecule has 11 rings (SSSR count). The minimum Gasteiger partial charge on any atom is -0.388 e. The molecule has 0 spiro atoms. The molecule has 4 fully saturated rings. The largest absolute Gasteiger partial charge is 0.388 e. The molecule has 4 saturated heterocycles. The van der Waals surface area contributed by atoms with E-state index in [9.17, 15) is 22.7 Å². The zero-order chi connectivity index (χ0) is 43.9. The molecule has 1 amide bonds. The molecule has 332 valence electrons. The highest BCUT2D eigenvalue weighted by molar-refractivity contribution is 7.89. The van der Waals surface area contributed by atoms with E-state index in [1.165, 1.54) is 20.2 Å². The van der Waals surface area contributed by atoms with Crippen LogP contribution in [0.3, 0.4) is 0 Å². The van der Waals surface area contributed by atoms with Crippen molar-refractivity contribution in [2.45, 2.75) is 66.3 Å².